The largest absolute Gasteiger partial charge is 0.400 e. The molecule has 1 aliphatic carbocycles. The average molecular weight is 415 g/mol. The highest BCUT2D eigenvalue weighted by Crippen LogP contribution is 2.37. The van der Waals surface area contributed by atoms with Crippen LogP contribution in [0.5, 0.6) is 0 Å². The molecule has 0 unspecified atom stereocenters. The van der Waals surface area contributed by atoms with Gasteiger partial charge < -0.3 is 15.3 Å². The summed E-state index contributed by atoms with van der Waals surface area (Å²) in [7, 11) is 0. The lowest BCUT2D eigenvalue weighted by molar-refractivity contribution is -0.102. The third-order valence-electron chi connectivity index (χ3n) is 5.26. The van der Waals surface area contributed by atoms with Gasteiger partial charge in [0.2, 0.25) is 0 Å². The standard InChI is InChI=1S/C21H23F2N5O2/c1-10-5-15(26-16-13(10)6-11(24)7-14(16)20(2,3)4)17-27-28-19(30-17)25-12-8-21(29,9-12)18(22)23/h5-7,18,29H,8-9,24H2,1-4H3. The first-order valence-electron chi connectivity index (χ1n) is 9.58. The van der Waals surface area contributed by atoms with Crippen molar-refractivity contribution in [1.82, 2.24) is 15.2 Å². The van der Waals surface area contributed by atoms with Crippen molar-refractivity contribution >= 4 is 28.3 Å². The molecular formula is C21H23F2N5O2. The van der Waals surface area contributed by atoms with Gasteiger partial charge in [-0.1, -0.05) is 25.9 Å². The normalized spacial score (nSPS) is 19.4. The van der Waals surface area contributed by atoms with Crippen LogP contribution >= 0.6 is 0 Å². The number of nitrogens with two attached hydrogens (primary N) is 1. The van der Waals surface area contributed by atoms with Crippen LogP contribution in [0.4, 0.5) is 20.5 Å². The number of alkyl halides is 2. The minimum Gasteiger partial charge on any atom is -0.400 e. The lowest BCUT2D eigenvalue weighted by Crippen LogP contribution is -2.50. The Labute approximate surface area is 172 Å². The highest BCUT2D eigenvalue weighted by molar-refractivity contribution is 5.94. The Kier molecular flexibility index (Phi) is 4.61. The lowest BCUT2D eigenvalue weighted by Gasteiger charge is -2.36. The number of pyridine rings is 1. The summed E-state index contributed by atoms with van der Waals surface area (Å²) in [5.74, 6) is 0.180. The number of nitrogens with zero attached hydrogens (tertiary/aromatic N) is 4. The van der Waals surface area contributed by atoms with Crippen LogP contribution in [0.3, 0.4) is 0 Å². The highest BCUT2D eigenvalue weighted by Gasteiger charge is 2.48. The Morgan fingerprint density at radius 1 is 1.20 bits per heavy atom. The molecule has 0 saturated heterocycles. The van der Waals surface area contributed by atoms with Gasteiger partial charge in [0.25, 0.3) is 12.3 Å². The number of anilines is 1. The number of aromatic nitrogens is 3. The monoisotopic (exact) mass is 415 g/mol. The number of nitrogen functional groups attached to an aromatic ring is 1. The minimum absolute atomic E-state index is 0.0517. The molecule has 0 atom stereocenters. The topological polar surface area (TPSA) is 110 Å². The third kappa shape index (κ3) is 3.54. The van der Waals surface area contributed by atoms with Gasteiger partial charge in [-0.3, -0.25) is 0 Å². The lowest BCUT2D eigenvalue weighted by atomic mass is 9.78. The van der Waals surface area contributed by atoms with Gasteiger partial charge in [0, 0.05) is 29.6 Å². The summed E-state index contributed by atoms with van der Waals surface area (Å²) in [6, 6.07) is 5.59. The Morgan fingerprint density at radius 3 is 2.53 bits per heavy atom. The zero-order chi connectivity index (χ0) is 21.8. The second kappa shape index (κ2) is 6.80. The van der Waals surface area contributed by atoms with E-state index in [0.717, 1.165) is 22.0 Å². The van der Waals surface area contributed by atoms with Crippen LogP contribution in [-0.2, 0) is 5.41 Å². The molecule has 2 heterocycles. The summed E-state index contributed by atoms with van der Waals surface area (Å²) in [6.07, 6.45) is -3.25. The van der Waals surface area contributed by atoms with Crippen LogP contribution in [0.1, 0.15) is 44.7 Å². The average Bonchev–Trinajstić information content (AvgIpc) is 3.08. The van der Waals surface area contributed by atoms with Crippen molar-refractivity contribution in [2.24, 2.45) is 4.99 Å². The maximum absolute atomic E-state index is 12.7. The van der Waals surface area contributed by atoms with E-state index in [1.165, 1.54) is 0 Å². The summed E-state index contributed by atoms with van der Waals surface area (Å²) < 4.78 is 31.1. The molecule has 0 aliphatic heterocycles. The smallest absolute Gasteiger partial charge is 0.342 e. The van der Waals surface area contributed by atoms with Crippen LogP contribution in [0.15, 0.2) is 27.6 Å². The number of aliphatic hydroxyl groups is 1. The van der Waals surface area contributed by atoms with E-state index in [0.29, 0.717) is 17.1 Å². The van der Waals surface area contributed by atoms with E-state index < -0.39 is 12.0 Å². The van der Waals surface area contributed by atoms with Crippen molar-refractivity contribution < 1.29 is 18.3 Å². The van der Waals surface area contributed by atoms with E-state index in [4.69, 9.17) is 15.1 Å². The first-order valence-corrected chi connectivity index (χ1v) is 9.58. The Hall–Kier alpha value is -2.94. The molecule has 0 bridgehead atoms. The van der Waals surface area contributed by atoms with E-state index >= 15 is 0 Å². The summed E-state index contributed by atoms with van der Waals surface area (Å²) in [4.78, 5) is 8.83. The second-order valence-corrected chi connectivity index (χ2v) is 8.86. The molecular weight excluding hydrogens is 392 g/mol. The number of aryl methyl sites for hydroxylation is 1. The first-order chi connectivity index (χ1) is 14.0. The molecule has 4 rings (SSSR count). The van der Waals surface area contributed by atoms with E-state index in [1.54, 1.807) is 0 Å². The summed E-state index contributed by atoms with van der Waals surface area (Å²) in [5.41, 5.74) is 8.23. The molecule has 9 heteroatoms. The van der Waals surface area contributed by atoms with E-state index in [-0.39, 0.29) is 30.2 Å². The second-order valence-electron chi connectivity index (χ2n) is 8.86. The number of fused-ring (bicyclic) bond motifs is 1. The number of rotatable bonds is 3. The summed E-state index contributed by atoms with van der Waals surface area (Å²) >= 11 is 0. The Bertz CT molecular complexity index is 1160. The Morgan fingerprint density at radius 2 is 1.90 bits per heavy atom. The third-order valence-corrected chi connectivity index (χ3v) is 5.26. The molecule has 1 saturated carbocycles. The van der Waals surface area contributed by atoms with Gasteiger partial charge in [-0.25, -0.2) is 18.8 Å². The summed E-state index contributed by atoms with van der Waals surface area (Å²) in [6.45, 7) is 8.22. The van der Waals surface area contributed by atoms with Gasteiger partial charge in [0.15, 0.2) is 0 Å². The van der Waals surface area contributed by atoms with E-state index in [2.05, 4.69) is 36.0 Å². The predicted molar refractivity (Wildman–Crippen MR) is 110 cm³/mol. The molecule has 30 heavy (non-hydrogen) atoms. The number of halogens is 2. The van der Waals surface area contributed by atoms with Gasteiger partial charge >= 0.3 is 6.01 Å². The van der Waals surface area contributed by atoms with Crippen molar-refractivity contribution in [3.05, 3.63) is 29.3 Å². The molecule has 158 valence electrons. The molecule has 3 aromatic rings. The molecule has 0 spiro atoms. The first kappa shape index (κ1) is 20.3. The molecule has 1 fully saturated rings. The number of hydrogen-bond donors (Lipinski definition) is 2. The van der Waals surface area contributed by atoms with Gasteiger partial charge in [0.05, 0.1) is 5.52 Å². The molecule has 1 aromatic carbocycles. The molecule has 1 aliphatic rings. The summed E-state index contributed by atoms with van der Waals surface area (Å²) in [5, 5.41) is 18.5. The zero-order valence-corrected chi connectivity index (χ0v) is 17.2. The van der Waals surface area contributed by atoms with Crippen molar-refractivity contribution in [3.8, 4) is 11.6 Å². The van der Waals surface area contributed by atoms with Gasteiger partial charge in [-0.15, -0.1) is 5.10 Å². The predicted octanol–water partition coefficient (Wildman–Crippen LogP) is 4.34. The minimum atomic E-state index is -2.81. The van der Waals surface area contributed by atoms with Crippen LogP contribution in [-0.4, -0.2) is 38.0 Å². The maximum Gasteiger partial charge on any atom is 0.342 e. The van der Waals surface area contributed by atoms with Crippen LogP contribution in [0.25, 0.3) is 22.5 Å². The molecule has 0 amide bonds. The van der Waals surface area contributed by atoms with E-state index in [9.17, 15) is 13.9 Å². The van der Waals surface area contributed by atoms with Crippen molar-refractivity contribution in [3.63, 3.8) is 0 Å². The molecule has 7 nitrogen and oxygen atoms in total. The van der Waals surface area contributed by atoms with Crippen molar-refractivity contribution in [2.75, 3.05) is 5.73 Å². The van der Waals surface area contributed by atoms with Gasteiger partial charge in [-0.05, 0) is 41.7 Å². The number of hydrogen-bond acceptors (Lipinski definition) is 7. The SMILES string of the molecule is Cc1cc(-c2nnc(N=C3CC(O)(C(F)F)C3)o2)nc2c(C(C)(C)C)cc(N)cc12. The van der Waals surface area contributed by atoms with E-state index in [1.807, 2.05) is 25.1 Å². The highest BCUT2D eigenvalue weighted by atomic mass is 19.3. The molecule has 0 radical (unpaired) electrons. The quantitative estimate of drug-likeness (QED) is 0.616. The maximum atomic E-state index is 12.7. The van der Waals surface area contributed by atoms with Crippen LogP contribution in [0.2, 0.25) is 0 Å². The number of aliphatic imine (C=N–C) groups is 1. The fraction of sp³-hybridized carbons (Fsp3) is 0.429. The molecule has 2 aromatic heterocycles. The molecule has 3 N–H and O–H groups in total. The van der Waals surface area contributed by atoms with Crippen molar-refractivity contribution in [2.45, 2.75) is 58.0 Å². The van der Waals surface area contributed by atoms with Gasteiger partial charge in [0.1, 0.15) is 11.3 Å². The van der Waals surface area contributed by atoms with Crippen molar-refractivity contribution in [1.29, 1.82) is 0 Å². The van der Waals surface area contributed by atoms with Crippen LogP contribution in [0, 0.1) is 6.92 Å². The fourth-order valence-electron chi connectivity index (χ4n) is 3.58. The number of benzene rings is 1. The fourth-order valence-corrected chi connectivity index (χ4v) is 3.58. The van der Waals surface area contributed by atoms with Crippen LogP contribution < -0.4 is 5.73 Å². The van der Waals surface area contributed by atoms with Gasteiger partial charge in [-0.2, -0.15) is 0 Å². The Balaban J connectivity index is 1.71. The zero-order valence-electron chi connectivity index (χ0n) is 17.2.